The molecule has 0 fully saturated rings. The number of rotatable bonds is 8. The van der Waals surface area contributed by atoms with Crippen LogP contribution in [-0.2, 0) is 6.54 Å². The molecule has 0 spiro atoms. The molecule has 3 aromatic rings. The van der Waals surface area contributed by atoms with Gasteiger partial charge in [0.2, 0.25) is 0 Å². The van der Waals surface area contributed by atoms with Crippen molar-refractivity contribution < 1.29 is 4.92 Å². The summed E-state index contributed by atoms with van der Waals surface area (Å²) in [6.07, 6.45) is 5.55. The lowest BCUT2D eigenvalue weighted by atomic mass is 10.1. The Balaban J connectivity index is 1.65. The minimum absolute atomic E-state index is 0.369. The van der Waals surface area contributed by atoms with Crippen molar-refractivity contribution in [1.29, 1.82) is 0 Å². The zero-order valence-corrected chi connectivity index (χ0v) is 14.6. The molecule has 0 radical (unpaired) electrons. The topological polar surface area (TPSA) is 85.0 Å². The van der Waals surface area contributed by atoms with Crippen LogP contribution in [-0.4, -0.2) is 21.0 Å². The Hall–Kier alpha value is -3.35. The average molecular weight is 351 g/mol. The highest BCUT2D eigenvalue weighted by Gasteiger charge is 2.06. The summed E-state index contributed by atoms with van der Waals surface area (Å²) in [5.41, 5.74) is 1.80. The van der Waals surface area contributed by atoms with Gasteiger partial charge >= 0.3 is 0 Å². The van der Waals surface area contributed by atoms with Crippen LogP contribution in [0, 0.1) is 17.0 Å². The first-order valence-corrected chi connectivity index (χ1v) is 8.44. The summed E-state index contributed by atoms with van der Waals surface area (Å²) in [7, 11) is 0. The summed E-state index contributed by atoms with van der Waals surface area (Å²) in [6, 6.07) is 13.8. The van der Waals surface area contributed by atoms with Gasteiger partial charge in [-0.05, 0) is 24.8 Å². The van der Waals surface area contributed by atoms with E-state index in [2.05, 4.69) is 15.6 Å². The number of nitro groups is 1. The second-order valence-electron chi connectivity index (χ2n) is 6.01. The number of nitrogens with zero attached hydrogens (tertiary/aromatic N) is 3. The number of fused-ring (bicyclic) bond motifs is 1. The first-order valence-electron chi connectivity index (χ1n) is 8.44. The molecule has 7 heteroatoms. The van der Waals surface area contributed by atoms with E-state index in [-0.39, 0.29) is 0 Å². The summed E-state index contributed by atoms with van der Waals surface area (Å²) in [4.78, 5) is 14.7. The molecular weight excluding hydrogens is 330 g/mol. The lowest BCUT2D eigenvalue weighted by molar-refractivity contribution is -0.403. The SMILES string of the molecule is Cc1cn(CCCN/C(=C/[N+](=O)[O-])Nc2cccc3ccccc23)cn1. The van der Waals surface area contributed by atoms with E-state index < -0.39 is 4.92 Å². The lowest BCUT2D eigenvalue weighted by Gasteiger charge is -2.13. The largest absolute Gasteiger partial charge is 0.366 e. The molecular formula is C19H21N5O2. The fourth-order valence-corrected chi connectivity index (χ4v) is 2.79. The number of imidazole rings is 1. The van der Waals surface area contributed by atoms with Crippen molar-refractivity contribution in [1.82, 2.24) is 14.9 Å². The molecule has 2 N–H and O–H groups in total. The predicted octanol–water partition coefficient (Wildman–Crippen LogP) is 3.51. The van der Waals surface area contributed by atoms with Crippen molar-refractivity contribution in [3.63, 3.8) is 0 Å². The molecule has 0 aliphatic heterocycles. The molecule has 26 heavy (non-hydrogen) atoms. The minimum atomic E-state index is -0.459. The number of anilines is 1. The van der Waals surface area contributed by atoms with Gasteiger partial charge in [-0.3, -0.25) is 10.1 Å². The summed E-state index contributed by atoms with van der Waals surface area (Å²) >= 11 is 0. The van der Waals surface area contributed by atoms with Crippen LogP contribution in [0.25, 0.3) is 10.8 Å². The van der Waals surface area contributed by atoms with Crippen LogP contribution in [0.3, 0.4) is 0 Å². The summed E-state index contributed by atoms with van der Waals surface area (Å²) < 4.78 is 2.01. The van der Waals surface area contributed by atoms with Gasteiger partial charge in [0.05, 0.1) is 16.9 Å². The second-order valence-corrected chi connectivity index (χ2v) is 6.01. The van der Waals surface area contributed by atoms with E-state index in [4.69, 9.17) is 0 Å². The number of hydrogen-bond donors (Lipinski definition) is 2. The molecule has 7 nitrogen and oxygen atoms in total. The van der Waals surface area contributed by atoms with Gasteiger partial charge in [0.15, 0.2) is 5.82 Å². The maximum atomic E-state index is 11.0. The van der Waals surface area contributed by atoms with Crippen LogP contribution in [0.1, 0.15) is 12.1 Å². The van der Waals surface area contributed by atoms with Crippen molar-refractivity contribution >= 4 is 16.5 Å². The van der Waals surface area contributed by atoms with E-state index >= 15 is 0 Å². The third-order valence-electron chi connectivity index (χ3n) is 3.96. The van der Waals surface area contributed by atoms with Gasteiger partial charge in [0.25, 0.3) is 6.20 Å². The molecule has 134 valence electrons. The number of benzene rings is 2. The van der Waals surface area contributed by atoms with Gasteiger partial charge in [0.1, 0.15) is 0 Å². The molecule has 1 aromatic heterocycles. The molecule has 1 heterocycles. The third-order valence-corrected chi connectivity index (χ3v) is 3.96. The monoisotopic (exact) mass is 351 g/mol. The van der Waals surface area contributed by atoms with Crippen molar-refractivity contribution in [2.45, 2.75) is 19.9 Å². The molecule has 0 saturated carbocycles. The van der Waals surface area contributed by atoms with E-state index in [9.17, 15) is 10.1 Å². The van der Waals surface area contributed by atoms with Gasteiger partial charge < -0.3 is 15.2 Å². The Morgan fingerprint density at radius 2 is 2.08 bits per heavy atom. The van der Waals surface area contributed by atoms with E-state index in [1.165, 1.54) is 0 Å². The van der Waals surface area contributed by atoms with Crippen molar-refractivity contribution in [2.24, 2.45) is 0 Å². The number of nitrogens with one attached hydrogen (secondary N) is 2. The van der Waals surface area contributed by atoms with Crippen LogP contribution in [0.15, 0.2) is 67.0 Å². The van der Waals surface area contributed by atoms with Crippen molar-refractivity contribution in [3.8, 4) is 0 Å². The molecule has 0 aliphatic rings. The zero-order chi connectivity index (χ0) is 18.4. The molecule has 0 atom stereocenters. The Morgan fingerprint density at radius 1 is 1.27 bits per heavy atom. The second kappa shape index (κ2) is 8.15. The van der Waals surface area contributed by atoms with E-state index in [1.54, 1.807) is 6.33 Å². The molecule has 0 aliphatic carbocycles. The number of aromatic nitrogens is 2. The quantitative estimate of drug-likeness (QED) is 0.368. The van der Waals surface area contributed by atoms with Gasteiger partial charge in [-0.2, -0.15) is 0 Å². The summed E-state index contributed by atoms with van der Waals surface area (Å²) in [5.74, 6) is 0.369. The Bertz CT molecular complexity index is 927. The molecule has 0 saturated heterocycles. The van der Waals surface area contributed by atoms with E-state index in [1.807, 2.05) is 60.2 Å². The highest BCUT2D eigenvalue weighted by Crippen LogP contribution is 2.23. The zero-order valence-electron chi connectivity index (χ0n) is 14.6. The van der Waals surface area contributed by atoms with Crippen LogP contribution >= 0.6 is 0 Å². The minimum Gasteiger partial charge on any atom is -0.366 e. The Morgan fingerprint density at radius 3 is 2.85 bits per heavy atom. The van der Waals surface area contributed by atoms with Crippen LogP contribution in [0.2, 0.25) is 0 Å². The highest BCUT2D eigenvalue weighted by molar-refractivity contribution is 5.94. The fraction of sp³-hybridized carbons (Fsp3) is 0.211. The standard InChI is InChI=1S/C19H21N5O2/c1-15-12-23(14-21-15)11-5-10-20-19(13-24(25)26)22-18-9-4-7-16-6-2-3-8-17(16)18/h2-4,6-9,12-14,20,22H,5,10-11H2,1H3/b19-13-. The maximum Gasteiger partial charge on any atom is 0.274 e. The van der Waals surface area contributed by atoms with Crippen LogP contribution in [0.4, 0.5) is 5.69 Å². The number of hydrogen-bond acceptors (Lipinski definition) is 5. The van der Waals surface area contributed by atoms with Gasteiger partial charge in [-0.25, -0.2) is 4.98 Å². The maximum absolute atomic E-state index is 11.0. The molecule has 0 unspecified atom stereocenters. The first-order chi connectivity index (χ1) is 12.6. The lowest BCUT2D eigenvalue weighted by Crippen LogP contribution is -2.23. The fourth-order valence-electron chi connectivity index (χ4n) is 2.79. The normalized spacial score (nSPS) is 11.5. The van der Waals surface area contributed by atoms with Crippen LogP contribution < -0.4 is 10.6 Å². The highest BCUT2D eigenvalue weighted by atomic mass is 16.6. The van der Waals surface area contributed by atoms with Gasteiger partial charge in [-0.1, -0.05) is 36.4 Å². The van der Waals surface area contributed by atoms with Crippen molar-refractivity contribution in [2.75, 3.05) is 11.9 Å². The third kappa shape index (κ3) is 4.60. The van der Waals surface area contributed by atoms with Crippen molar-refractivity contribution in [3.05, 3.63) is 82.8 Å². The summed E-state index contributed by atoms with van der Waals surface area (Å²) in [5, 5.41) is 19.3. The van der Waals surface area contributed by atoms with E-state index in [0.717, 1.165) is 41.3 Å². The first kappa shape index (κ1) is 17.5. The molecule has 0 amide bonds. The molecule has 3 rings (SSSR count). The summed E-state index contributed by atoms with van der Waals surface area (Å²) in [6.45, 7) is 3.35. The Kier molecular flexibility index (Phi) is 5.48. The molecule has 0 bridgehead atoms. The Labute approximate surface area is 151 Å². The number of aryl methyl sites for hydroxylation is 2. The molecule has 2 aromatic carbocycles. The average Bonchev–Trinajstić information content (AvgIpc) is 3.04. The smallest absolute Gasteiger partial charge is 0.274 e. The van der Waals surface area contributed by atoms with E-state index in [0.29, 0.717) is 12.4 Å². The predicted molar refractivity (Wildman–Crippen MR) is 102 cm³/mol. The van der Waals surface area contributed by atoms with Crippen LogP contribution in [0.5, 0.6) is 0 Å². The van der Waals surface area contributed by atoms with Gasteiger partial charge in [0, 0.05) is 30.4 Å². The van der Waals surface area contributed by atoms with Gasteiger partial charge in [-0.15, -0.1) is 0 Å².